The topological polar surface area (TPSA) is 63.8 Å². The van der Waals surface area contributed by atoms with E-state index in [4.69, 9.17) is 4.42 Å². The molecule has 2 aromatic rings. The summed E-state index contributed by atoms with van der Waals surface area (Å²) >= 11 is 1.51. The third-order valence-electron chi connectivity index (χ3n) is 2.18. The van der Waals surface area contributed by atoms with E-state index in [1.165, 1.54) is 11.3 Å². The van der Waals surface area contributed by atoms with Gasteiger partial charge in [-0.2, -0.15) is 0 Å². The minimum atomic E-state index is 0.0367. The molecule has 0 amide bonds. The van der Waals surface area contributed by atoms with Crippen molar-refractivity contribution >= 4 is 11.3 Å². The lowest BCUT2D eigenvalue weighted by atomic mass is 10.1. The number of aromatic nitrogens is 3. The number of rotatable bonds is 3. The van der Waals surface area contributed by atoms with Gasteiger partial charge in [-0.25, -0.2) is 4.98 Å². The molecular formula is C11H16N4OS. The summed E-state index contributed by atoms with van der Waals surface area (Å²) in [7, 11) is 0. The number of thiazole rings is 1. The first-order valence-corrected chi connectivity index (χ1v) is 6.31. The minimum Gasteiger partial charge on any atom is -0.418 e. The van der Waals surface area contributed by atoms with Crippen molar-refractivity contribution in [2.24, 2.45) is 0 Å². The van der Waals surface area contributed by atoms with Crippen LogP contribution in [0.3, 0.4) is 0 Å². The number of hydrogen-bond donors (Lipinski definition) is 1. The highest BCUT2D eigenvalue weighted by Crippen LogP contribution is 2.25. The molecular weight excluding hydrogens is 236 g/mol. The molecule has 0 bridgehead atoms. The summed E-state index contributed by atoms with van der Waals surface area (Å²) in [6.45, 7) is 8.80. The Labute approximate surface area is 104 Å². The summed E-state index contributed by atoms with van der Waals surface area (Å²) in [6, 6.07) is 0. The van der Waals surface area contributed by atoms with E-state index in [1.807, 2.05) is 6.92 Å². The Morgan fingerprint density at radius 1 is 1.35 bits per heavy atom. The average Bonchev–Trinajstić information content (AvgIpc) is 2.81. The molecule has 0 aromatic carbocycles. The van der Waals surface area contributed by atoms with Gasteiger partial charge < -0.3 is 9.73 Å². The lowest BCUT2D eigenvalue weighted by Crippen LogP contribution is -2.35. The Balaban J connectivity index is 2.09. The van der Waals surface area contributed by atoms with Gasteiger partial charge in [-0.15, -0.1) is 21.5 Å². The molecule has 2 rings (SSSR count). The molecule has 0 aliphatic heterocycles. The van der Waals surface area contributed by atoms with Gasteiger partial charge in [0.25, 0.3) is 5.89 Å². The van der Waals surface area contributed by atoms with Gasteiger partial charge in [-0.1, -0.05) is 0 Å². The summed E-state index contributed by atoms with van der Waals surface area (Å²) in [5.74, 6) is 1.15. The second-order valence-corrected chi connectivity index (χ2v) is 5.73. The first-order chi connectivity index (χ1) is 7.96. The van der Waals surface area contributed by atoms with Crippen molar-refractivity contribution < 1.29 is 4.42 Å². The molecule has 0 fully saturated rings. The number of hydrogen-bond acceptors (Lipinski definition) is 6. The molecule has 1 N–H and O–H groups in total. The van der Waals surface area contributed by atoms with Crippen molar-refractivity contribution in [3.05, 3.63) is 17.1 Å². The quantitative estimate of drug-likeness (QED) is 0.908. The van der Waals surface area contributed by atoms with E-state index < -0.39 is 0 Å². The molecule has 5 nitrogen and oxygen atoms in total. The standard InChI is InChI=1S/C11H16N4OS/c1-7-9(17-6-12-7)10-15-14-8(16-10)5-13-11(2,3)4/h6,13H,5H2,1-4H3. The molecule has 0 atom stereocenters. The summed E-state index contributed by atoms with van der Waals surface area (Å²) in [4.78, 5) is 5.11. The van der Waals surface area contributed by atoms with Crippen molar-refractivity contribution in [1.82, 2.24) is 20.5 Å². The zero-order chi connectivity index (χ0) is 12.5. The van der Waals surface area contributed by atoms with Crippen LogP contribution >= 0.6 is 11.3 Å². The van der Waals surface area contributed by atoms with E-state index in [9.17, 15) is 0 Å². The van der Waals surface area contributed by atoms with Crippen LogP contribution in [-0.2, 0) is 6.54 Å². The Hall–Kier alpha value is -1.27. The lowest BCUT2D eigenvalue weighted by molar-refractivity contribution is 0.384. The van der Waals surface area contributed by atoms with Gasteiger partial charge in [0.1, 0.15) is 4.88 Å². The fourth-order valence-corrected chi connectivity index (χ4v) is 1.99. The maximum atomic E-state index is 5.59. The maximum Gasteiger partial charge on any atom is 0.259 e. The van der Waals surface area contributed by atoms with Crippen LogP contribution in [0.15, 0.2) is 9.93 Å². The summed E-state index contributed by atoms with van der Waals surface area (Å²) in [5.41, 5.74) is 2.74. The number of nitrogens with one attached hydrogen (secondary N) is 1. The summed E-state index contributed by atoms with van der Waals surface area (Å²) in [6.07, 6.45) is 0. The van der Waals surface area contributed by atoms with Crippen LogP contribution in [0.4, 0.5) is 0 Å². The van der Waals surface area contributed by atoms with E-state index in [1.54, 1.807) is 5.51 Å². The monoisotopic (exact) mass is 252 g/mol. The molecule has 17 heavy (non-hydrogen) atoms. The molecule has 0 saturated heterocycles. The third-order valence-corrected chi connectivity index (χ3v) is 3.09. The lowest BCUT2D eigenvalue weighted by Gasteiger charge is -2.18. The van der Waals surface area contributed by atoms with Crippen molar-refractivity contribution in [2.45, 2.75) is 39.8 Å². The van der Waals surface area contributed by atoms with Gasteiger partial charge in [0.05, 0.1) is 17.7 Å². The zero-order valence-corrected chi connectivity index (χ0v) is 11.3. The van der Waals surface area contributed by atoms with Crippen LogP contribution in [-0.4, -0.2) is 20.7 Å². The van der Waals surface area contributed by atoms with Crippen molar-refractivity contribution in [3.8, 4) is 10.8 Å². The van der Waals surface area contributed by atoms with Crippen molar-refractivity contribution in [1.29, 1.82) is 0 Å². The second-order valence-electron chi connectivity index (χ2n) is 4.87. The van der Waals surface area contributed by atoms with Crippen molar-refractivity contribution in [2.75, 3.05) is 0 Å². The molecule has 0 saturated carbocycles. The Morgan fingerprint density at radius 3 is 2.71 bits per heavy atom. The van der Waals surface area contributed by atoms with Gasteiger partial charge in [-0.05, 0) is 27.7 Å². The third kappa shape index (κ3) is 3.10. The molecule has 6 heteroatoms. The van der Waals surface area contributed by atoms with Gasteiger partial charge in [-0.3, -0.25) is 0 Å². The molecule has 0 aliphatic carbocycles. The van der Waals surface area contributed by atoms with E-state index in [0.29, 0.717) is 18.3 Å². The molecule has 92 valence electrons. The van der Waals surface area contributed by atoms with E-state index in [2.05, 4.69) is 41.3 Å². The SMILES string of the molecule is Cc1ncsc1-c1nnc(CNC(C)(C)C)o1. The predicted molar refractivity (Wildman–Crippen MR) is 66.7 cm³/mol. The van der Waals surface area contributed by atoms with Crippen LogP contribution in [0, 0.1) is 6.92 Å². The second kappa shape index (κ2) is 4.54. The molecule has 2 heterocycles. The average molecular weight is 252 g/mol. The highest BCUT2D eigenvalue weighted by Gasteiger charge is 2.15. The van der Waals surface area contributed by atoms with Gasteiger partial charge >= 0.3 is 0 Å². The highest BCUT2D eigenvalue weighted by molar-refractivity contribution is 7.13. The van der Waals surface area contributed by atoms with Crippen LogP contribution in [0.2, 0.25) is 0 Å². The minimum absolute atomic E-state index is 0.0367. The Morgan fingerprint density at radius 2 is 2.12 bits per heavy atom. The molecule has 0 aliphatic rings. The van der Waals surface area contributed by atoms with Crippen LogP contribution < -0.4 is 5.32 Å². The first-order valence-electron chi connectivity index (χ1n) is 5.43. The summed E-state index contributed by atoms with van der Waals surface area (Å²) < 4.78 is 5.59. The zero-order valence-electron chi connectivity index (χ0n) is 10.4. The molecule has 0 radical (unpaired) electrons. The summed E-state index contributed by atoms with van der Waals surface area (Å²) in [5, 5.41) is 11.4. The number of nitrogens with zero attached hydrogens (tertiary/aromatic N) is 3. The largest absolute Gasteiger partial charge is 0.418 e. The van der Waals surface area contributed by atoms with Gasteiger partial charge in [0.15, 0.2) is 0 Å². The highest BCUT2D eigenvalue weighted by atomic mass is 32.1. The van der Waals surface area contributed by atoms with Crippen molar-refractivity contribution in [3.63, 3.8) is 0 Å². The van der Waals surface area contributed by atoms with Gasteiger partial charge in [0.2, 0.25) is 5.89 Å². The molecule has 0 unspecified atom stereocenters. The van der Waals surface area contributed by atoms with Crippen LogP contribution in [0.1, 0.15) is 32.4 Å². The normalized spacial score (nSPS) is 12.0. The Kier molecular flexibility index (Phi) is 3.26. The number of aryl methyl sites for hydroxylation is 1. The Bertz CT molecular complexity index is 498. The predicted octanol–water partition coefficient (Wildman–Crippen LogP) is 2.39. The smallest absolute Gasteiger partial charge is 0.259 e. The van der Waals surface area contributed by atoms with Crippen LogP contribution in [0.5, 0.6) is 0 Å². The fraction of sp³-hybridized carbons (Fsp3) is 0.545. The first kappa shape index (κ1) is 12.2. The van der Waals surface area contributed by atoms with E-state index in [-0.39, 0.29) is 5.54 Å². The molecule has 2 aromatic heterocycles. The fourth-order valence-electron chi connectivity index (χ4n) is 1.26. The van der Waals surface area contributed by atoms with Gasteiger partial charge in [0, 0.05) is 5.54 Å². The molecule has 0 spiro atoms. The van der Waals surface area contributed by atoms with E-state index >= 15 is 0 Å². The maximum absolute atomic E-state index is 5.59. The van der Waals surface area contributed by atoms with E-state index in [0.717, 1.165) is 10.6 Å². The van der Waals surface area contributed by atoms with Crippen LogP contribution in [0.25, 0.3) is 10.8 Å².